The summed E-state index contributed by atoms with van der Waals surface area (Å²) in [6.07, 6.45) is 0.864. The largest absolute Gasteiger partial charge is 0.293 e. The number of aromatic nitrogens is 2. The SMILES string of the molecule is CCc1nc2cccc3c2n1-c1c(cccc1-c1ccc2c(-c4ccccc4)c4ccccc4c(-c4ccc5ccccc5c4)c2c1)S3. The number of benzene rings is 8. The van der Waals surface area contributed by atoms with Crippen molar-refractivity contribution >= 4 is 55.1 Å². The summed E-state index contributed by atoms with van der Waals surface area (Å²) >= 11 is 1.85. The highest BCUT2D eigenvalue weighted by Crippen LogP contribution is 2.49. The zero-order valence-electron chi connectivity index (χ0n) is 26.4. The fourth-order valence-electron chi connectivity index (χ4n) is 7.81. The first-order valence-corrected chi connectivity index (χ1v) is 17.4. The van der Waals surface area contributed by atoms with Crippen molar-refractivity contribution in [1.82, 2.24) is 9.55 Å². The first kappa shape index (κ1) is 27.5. The summed E-state index contributed by atoms with van der Waals surface area (Å²) in [5.74, 6) is 1.10. The number of rotatable bonds is 4. The van der Waals surface area contributed by atoms with Gasteiger partial charge in [0.2, 0.25) is 0 Å². The Morgan fingerprint density at radius 3 is 2.04 bits per heavy atom. The van der Waals surface area contributed by atoms with Gasteiger partial charge in [-0.3, -0.25) is 4.57 Å². The van der Waals surface area contributed by atoms with Gasteiger partial charge >= 0.3 is 0 Å². The van der Waals surface area contributed by atoms with Gasteiger partial charge in [-0.05, 0) is 90.5 Å². The zero-order chi connectivity index (χ0) is 31.8. The second-order valence-corrected chi connectivity index (χ2v) is 13.7. The zero-order valence-corrected chi connectivity index (χ0v) is 27.3. The van der Waals surface area contributed by atoms with Gasteiger partial charge in [0.05, 0.1) is 16.7 Å². The van der Waals surface area contributed by atoms with E-state index in [0.717, 1.165) is 17.8 Å². The number of hydrogen-bond donors (Lipinski definition) is 0. The predicted molar refractivity (Wildman–Crippen MR) is 203 cm³/mol. The van der Waals surface area contributed by atoms with Gasteiger partial charge in [0.25, 0.3) is 0 Å². The Labute approximate surface area is 283 Å². The maximum Gasteiger partial charge on any atom is 0.114 e. The Morgan fingerprint density at radius 1 is 0.521 bits per heavy atom. The maximum absolute atomic E-state index is 5.09. The molecule has 0 radical (unpaired) electrons. The fraction of sp³-hybridized carbons (Fsp3) is 0.0444. The van der Waals surface area contributed by atoms with Crippen LogP contribution in [0.4, 0.5) is 0 Å². The Balaban J connectivity index is 1.32. The number of nitrogens with zero attached hydrogens (tertiary/aromatic N) is 2. The van der Waals surface area contributed by atoms with E-state index in [1.807, 2.05) is 11.8 Å². The summed E-state index contributed by atoms with van der Waals surface area (Å²) in [4.78, 5) is 7.62. The predicted octanol–water partition coefficient (Wildman–Crippen LogP) is 12.5. The van der Waals surface area contributed by atoms with Crippen LogP contribution in [0.2, 0.25) is 0 Å². The number of fused-ring (bicyclic) bond motifs is 5. The van der Waals surface area contributed by atoms with Crippen LogP contribution in [-0.2, 0) is 6.42 Å². The van der Waals surface area contributed by atoms with Crippen molar-refractivity contribution in [3.05, 3.63) is 157 Å². The van der Waals surface area contributed by atoms with Crippen LogP contribution in [0.1, 0.15) is 12.7 Å². The van der Waals surface area contributed by atoms with Crippen molar-refractivity contribution in [2.75, 3.05) is 0 Å². The molecule has 226 valence electrons. The summed E-state index contributed by atoms with van der Waals surface area (Å²) in [7, 11) is 0. The first-order chi connectivity index (χ1) is 23.8. The molecule has 0 amide bonds. The minimum absolute atomic E-state index is 0.864. The maximum atomic E-state index is 5.09. The molecule has 1 aromatic heterocycles. The molecule has 0 saturated carbocycles. The molecule has 1 aliphatic heterocycles. The lowest BCUT2D eigenvalue weighted by atomic mass is 9.84. The van der Waals surface area contributed by atoms with E-state index in [2.05, 4.69) is 163 Å². The molecule has 3 heteroatoms. The molecule has 0 aliphatic carbocycles. The van der Waals surface area contributed by atoms with Crippen LogP contribution < -0.4 is 0 Å². The van der Waals surface area contributed by atoms with Crippen LogP contribution in [0.3, 0.4) is 0 Å². The van der Waals surface area contributed by atoms with E-state index in [-0.39, 0.29) is 0 Å². The fourth-order valence-corrected chi connectivity index (χ4v) is 8.93. The van der Waals surface area contributed by atoms with Gasteiger partial charge in [-0.25, -0.2) is 4.98 Å². The first-order valence-electron chi connectivity index (χ1n) is 16.6. The third-order valence-corrected chi connectivity index (χ3v) is 11.0. The summed E-state index contributed by atoms with van der Waals surface area (Å²) in [5.41, 5.74) is 11.0. The molecule has 0 spiro atoms. The van der Waals surface area contributed by atoms with Gasteiger partial charge < -0.3 is 0 Å². The normalized spacial score (nSPS) is 12.3. The quantitative estimate of drug-likeness (QED) is 0.180. The third kappa shape index (κ3) is 4.04. The Hall–Kier alpha value is -5.64. The molecule has 0 N–H and O–H groups in total. The topological polar surface area (TPSA) is 17.8 Å². The monoisotopic (exact) mass is 630 g/mol. The standard InChI is InChI=1S/C45H30N2S/c1-2-41-46-38-19-11-21-40-45(38)47(41)44-33(18-10-20-39(44)48-40)31-24-25-36-37(27-31)43(32-23-22-28-12-6-7-15-30(28)26-32)35-17-9-8-16-34(35)42(36)29-13-4-3-5-14-29/h3-27H,2H2,1H3. The number of para-hydroxylation sites is 2. The molecule has 0 fully saturated rings. The highest BCUT2D eigenvalue weighted by atomic mass is 32.2. The Bertz CT molecular complexity index is 2740. The minimum Gasteiger partial charge on any atom is -0.293 e. The summed E-state index contributed by atoms with van der Waals surface area (Å²) in [5, 5.41) is 7.55. The molecule has 10 rings (SSSR count). The van der Waals surface area contributed by atoms with E-state index in [9.17, 15) is 0 Å². The van der Waals surface area contributed by atoms with Gasteiger partial charge in [-0.2, -0.15) is 0 Å². The number of imidazole rings is 1. The highest BCUT2D eigenvalue weighted by Gasteiger charge is 2.26. The van der Waals surface area contributed by atoms with Gasteiger partial charge in [0, 0.05) is 21.8 Å². The molecule has 2 nitrogen and oxygen atoms in total. The van der Waals surface area contributed by atoms with Crippen LogP contribution >= 0.6 is 11.8 Å². The summed E-state index contributed by atoms with van der Waals surface area (Å²) < 4.78 is 2.43. The molecule has 8 aromatic carbocycles. The third-order valence-electron chi connectivity index (χ3n) is 9.90. The van der Waals surface area contributed by atoms with Crippen molar-refractivity contribution in [3.63, 3.8) is 0 Å². The lowest BCUT2D eigenvalue weighted by molar-refractivity contribution is 0.889. The van der Waals surface area contributed by atoms with E-state index >= 15 is 0 Å². The van der Waals surface area contributed by atoms with E-state index in [1.54, 1.807) is 0 Å². The molecule has 2 heterocycles. The van der Waals surface area contributed by atoms with Gasteiger partial charge in [-0.15, -0.1) is 0 Å². The molecule has 1 aliphatic rings. The molecule has 9 aromatic rings. The van der Waals surface area contributed by atoms with Crippen LogP contribution in [-0.4, -0.2) is 9.55 Å². The van der Waals surface area contributed by atoms with Crippen molar-refractivity contribution < 1.29 is 0 Å². The molecule has 48 heavy (non-hydrogen) atoms. The summed E-state index contributed by atoms with van der Waals surface area (Å²) in [6.45, 7) is 2.20. The molecular formula is C45H30N2S. The highest BCUT2D eigenvalue weighted by molar-refractivity contribution is 7.99. The molecular weight excluding hydrogens is 601 g/mol. The van der Waals surface area contributed by atoms with Gasteiger partial charge in [0.15, 0.2) is 0 Å². The second-order valence-electron chi connectivity index (χ2n) is 12.6. The van der Waals surface area contributed by atoms with Crippen molar-refractivity contribution in [1.29, 1.82) is 0 Å². The van der Waals surface area contributed by atoms with E-state index in [4.69, 9.17) is 4.98 Å². The summed E-state index contributed by atoms with van der Waals surface area (Å²) in [6, 6.07) is 55.7. The van der Waals surface area contributed by atoms with Crippen LogP contribution in [0, 0.1) is 0 Å². The second kappa shape index (κ2) is 10.7. The van der Waals surface area contributed by atoms with Crippen molar-refractivity contribution in [3.8, 4) is 39.1 Å². The van der Waals surface area contributed by atoms with E-state index in [1.165, 1.54) is 86.7 Å². The number of hydrogen-bond acceptors (Lipinski definition) is 2. The average molecular weight is 631 g/mol. The number of aryl methyl sites for hydroxylation is 1. The van der Waals surface area contributed by atoms with E-state index < -0.39 is 0 Å². The lowest BCUT2D eigenvalue weighted by Gasteiger charge is -2.24. The Morgan fingerprint density at radius 2 is 1.21 bits per heavy atom. The van der Waals surface area contributed by atoms with Crippen LogP contribution in [0.5, 0.6) is 0 Å². The van der Waals surface area contributed by atoms with Crippen LogP contribution in [0.15, 0.2) is 161 Å². The minimum atomic E-state index is 0.864. The van der Waals surface area contributed by atoms with E-state index in [0.29, 0.717) is 0 Å². The lowest BCUT2D eigenvalue weighted by Crippen LogP contribution is -2.07. The average Bonchev–Trinajstić information content (AvgIpc) is 3.53. The van der Waals surface area contributed by atoms with Crippen molar-refractivity contribution in [2.24, 2.45) is 0 Å². The van der Waals surface area contributed by atoms with Gasteiger partial charge in [-0.1, -0.05) is 140 Å². The van der Waals surface area contributed by atoms with Gasteiger partial charge in [0.1, 0.15) is 5.82 Å². The molecule has 0 atom stereocenters. The molecule has 0 saturated heterocycles. The Kier molecular flexibility index (Phi) is 6.12. The van der Waals surface area contributed by atoms with Crippen LogP contribution in [0.25, 0.3) is 82.4 Å². The smallest absolute Gasteiger partial charge is 0.114 e. The van der Waals surface area contributed by atoms with Crippen molar-refractivity contribution in [2.45, 2.75) is 23.1 Å². The molecule has 0 bridgehead atoms. The molecule has 0 unspecified atom stereocenters.